The molecule has 0 radical (unpaired) electrons. The van der Waals surface area contributed by atoms with Crippen LogP contribution in [-0.4, -0.2) is 30.2 Å². The quantitative estimate of drug-likeness (QED) is 0.905. The Morgan fingerprint density at radius 2 is 2.00 bits per heavy atom. The Hall–Kier alpha value is -2.56. The third-order valence-electron chi connectivity index (χ3n) is 3.02. The van der Waals surface area contributed by atoms with Crippen LogP contribution in [0.1, 0.15) is 15.9 Å². The number of rotatable bonds is 5. The van der Waals surface area contributed by atoms with Crippen LogP contribution >= 0.6 is 0 Å². The highest BCUT2D eigenvalue weighted by atomic mass is 16.5. The zero-order valence-corrected chi connectivity index (χ0v) is 11.4. The SMILES string of the molecule is COc1ccc(CN(C)c2ccncc2C(=O)O)cc1. The zero-order chi connectivity index (χ0) is 14.5. The van der Waals surface area contributed by atoms with Crippen LogP contribution in [0, 0.1) is 0 Å². The number of carbonyl (C=O) groups is 1. The summed E-state index contributed by atoms with van der Waals surface area (Å²) in [6.07, 6.45) is 2.95. The first-order chi connectivity index (χ1) is 9.61. The number of methoxy groups -OCH3 is 1. The van der Waals surface area contributed by atoms with Gasteiger partial charge in [0.15, 0.2) is 0 Å². The summed E-state index contributed by atoms with van der Waals surface area (Å²) in [6.45, 7) is 0.605. The smallest absolute Gasteiger partial charge is 0.339 e. The van der Waals surface area contributed by atoms with Gasteiger partial charge in [0.2, 0.25) is 0 Å². The molecular formula is C15H16N2O3. The van der Waals surface area contributed by atoms with Crippen LogP contribution in [0.5, 0.6) is 5.75 Å². The Morgan fingerprint density at radius 3 is 2.60 bits per heavy atom. The molecule has 0 aliphatic carbocycles. The van der Waals surface area contributed by atoms with E-state index in [1.54, 1.807) is 19.4 Å². The minimum Gasteiger partial charge on any atom is -0.497 e. The fourth-order valence-electron chi connectivity index (χ4n) is 1.97. The lowest BCUT2D eigenvalue weighted by atomic mass is 10.1. The van der Waals surface area contributed by atoms with Crippen LogP contribution in [0.15, 0.2) is 42.7 Å². The van der Waals surface area contributed by atoms with Crippen molar-refractivity contribution in [3.05, 3.63) is 53.9 Å². The number of anilines is 1. The monoisotopic (exact) mass is 272 g/mol. The van der Waals surface area contributed by atoms with Gasteiger partial charge in [-0.3, -0.25) is 4.98 Å². The third kappa shape index (κ3) is 3.06. The molecule has 0 aliphatic heterocycles. The standard InChI is InChI=1S/C15H16N2O3/c1-17(10-11-3-5-12(20-2)6-4-11)14-7-8-16-9-13(14)15(18)19/h3-9H,10H2,1-2H3,(H,18,19). The Labute approximate surface area is 117 Å². The highest BCUT2D eigenvalue weighted by molar-refractivity contribution is 5.93. The maximum absolute atomic E-state index is 11.2. The van der Waals surface area contributed by atoms with E-state index >= 15 is 0 Å². The van der Waals surface area contributed by atoms with Gasteiger partial charge < -0.3 is 14.7 Å². The topological polar surface area (TPSA) is 62.7 Å². The summed E-state index contributed by atoms with van der Waals surface area (Å²) in [5, 5.41) is 9.17. The number of ether oxygens (including phenoxy) is 1. The summed E-state index contributed by atoms with van der Waals surface area (Å²) in [5.41, 5.74) is 1.91. The number of nitrogens with zero attached hydrogens (tertiary/aromatic N) is 2. The molecular weight excluding hydrogens is 256 g/mol. The van der Waals surface area contributed by atoms with Crippen LogP contribution in [0.25, 0.3) is 0 Å². The molecule has 2 aromatic rings. The molecule has 1 N–H and O–H groups in total. The molecule has 0 fully saturated rings. The van der Waals surface area contributed by atoms with Crippen LogP contribution < -0.4 is 9.64 Å². The van der Waals surface area contributed by atoms with E-state index in [4.69, 9.17) is 9.84 Å². The number of hydrogen-bond donors (Lipinski definition) is 1. The number of carboxylic acids is 1. The highest BCUT2D eigenvalue weighted by Gasteiger charge is 2.13. The van der Waals surface area contributed by atoms with Crippen molar-refractivity contribution in [2.24, 2.45) is 0 Å². The van der Waals surface area contributed by atoms with Crippen molar-refractivity contribution in [2.45, 2.75) is 6.54 Å². The Bertz CT molecular complexity index is 596. The summed E-state index contributed by atoms with van der Waals surface area (Å²) >= 11 is 0. The molecule has 5 nitrogen and oxygen atoms in total. The summed E-state index contributed by atoms with van der Waals surface area (Å²) in [6, 6.07) is 9.38. The highest BCUT2D eigenvalue weighted by Crippen LogP contribution is 2.21. The number of pyridine rings is 1. The van der Waals surface area contributed by atoms with Crippen molar-refractivity contribution in [1.29, 1.82) is 0 Å². The molecule has 1 heterocycles. The van der Waals surface area contributed by atoms with Crippen LogP contribution in [0.4, 0.5) is 5.69 Å². The molecule has 0 spiro atoms. The lowest BCUT2D eigenvalue weighted by Crippen LogP contribution is -2.19. The third-order valence-corrected chi connectivity index (χ3v) is 3.02. The van der Waals surface area contributed by atoms with E-state index in [1.807, 2.05) is 36.2 Å². The predicted molar refractivity (Wildman–Crippen MR) is 76.3 cm³/mol. The Balaban J connectivity index is 2.19. The minimum absolute atomic E-state index is 0.198. The lowest BCUT2D eigenvalue weighted by molar-refractivity contribution is 0.0697. The van der Waals surface area contributed by atoms with Crippen LogP contribution in [0.3, 0.4) is 0 Å². The molecule has 0 unspecified atom stereocenters. The van der Waals surface area contributed by atoms with Gasteiger partial charge >= 0.3 is 5.97 Å². The molecule has 0 bridgehead atoms. The van der Waals surface area contributed by atoms with Crippen molar-refractivity contribution >= 4 is 11.7 Å². The molecule has 0 amide bonds. The second-order valence-corrected chi connectivity index (χ2v) is 4.40. The van der Waals surface area contributed by atoms with Crippen LogP contribution in [0.2, 0.25) is 0 Å². The molecule has 0 saturated carbocycles. The number of aromatic nitrogens is 1. The van der Waals surface area contributed by atoms with Gasteiger partial charge in [-0.25, -0.2) is 4.79 Å². The molecule has 0 aliphatic rings. The van der Waals surface area contributed by atoms with Gasteiger partial charge in [-0.15, -0.1) is 0 Å². The average Bonchev–Trinajstić information content (AvgIpc) is 2.48. The van der Waals surface area contributed by atoms with Gasteiger partial charge in [-0.05, 0) is 23.8 Å². The van der Waals surface area contributed by atoms with E-state index < -0.39 is 5.97 Å². The van der Waals surface area contributed by atoms with E-state index in [2.05, 4.69) is 4.98 Å². The molecule has 20 heavy (non-hydrogen) atoms. The molecule has 2 rings (SSSR count). The van der Waals surface area contributed by atoms with E-state index in [0.29, 0.717) is 12.2 Å². The first-order valence-electron chi connectivity index (χ1n) is 6.13. The average molecular weight is 272 g/mol. The Morgan fingerprint density at radius 1 is 1.30 bits per heavy atom. The summed E-state index contributed by atoms with van der Waals surface area (Å²) < 4.78 is 5.11. The lowest BCUT2D eigenvalue weighted by Gasteiger charge is -2.21. The molecule has 1 aromatic heterocycles. The van der Waals surface area contributed by atoms with Crippen molar-refractivity contribution in [2.75, 3.05) is 19.1 Å². The van der Waals surface area contributed by atoms with E-state index in [0.717, 1.165) is 11.3 Å². The number of benzene rings is 1. The summed E-state index contributed by atoms with van der Waals surface area (Å²) in [7, 11) is 3.48. The normalized spacial score (nSPS) is 10.1. The zero-order valence-electron chi connectivity index (χ0n) is 11.4. The van der Waals surface area contributed by atoms with Crippen molar-refractivity contribution in [1.82, 2.24) is 4.98 Å². The van der Waals surface area contributed by atoms with Gasteiger partial charge in [0, 0.05) is 26.0 Å². The maximum Gasteiger partial charge on any atom is 0.339 e. The van der Waals surface area contributed by atoms with E-state index in [1.165, 1.54) is 6.20 Å². The van der Waals surface area contributed by atoms with Gasteiger partial charge in [0.1, 0.15) is 11.3 Å². The van der Waals surface area contributed by atoms with Crippen LogP contribution in [-0.2, 0) is 6.54 Å². The maximum atomic E-state index is 11.2. The van der Waals surface area contributed by atoms with Gasteiger partial charge in [-0.2, -0.15) is 0 Å². The Kier molecular flexibility index (Phi) is 4.20. The van der Waals surface area contributed by atoms with Crippen molar-refractivity contribution in [3.8, 4) is 5.75 Å². The van der Waals surface area contributed by atoms with Crippen molar-refractivity contribution in [3.63, 3.8) is 0 Å². The molecule has 5 heteroatoms. The minimum atomic E-state index is -0.977. The predicted octanol–water partition coefficient (Wildman–Crippen LogP) is 2.42. The van der Waals surface area contributed by atoms with Gasteiger partial charge in [0.05, 0.1) is 12.8 Å². The molecule has 0 saturated heterocycles. The van der Waals surface area contributed by atoms with Crippen molar-refractivity contribution < 1.29 is 14.6 Å². The molecule has 104 valence electrons. The van der Waals surface area contributed by atoms with E-state index in [-0.39, 0.29) is 5.56 Å². The summed E-state index contributed by atoms with van der Waals surface area (Å²) in [4.78, 5) is 16.9. The second kappa shape index (κ2) is 6.06. The fourth-order valence-corrected chi connectivity index (χ4v) is 1.97. The molecule has 1 aromatic carbocycles. The van der Waals surface area contributed by atoms with Gasteiger partial charge in [-0.1, -0.05) is 12.1 Å². The number of hydrogen-bond acceptors (Lipinski definition) is 4. The fraction of sp³-hybridized carbons (Fsp3) is 0.200. The molecule has 0 atom stereocenters. The first kappa shape index (κ1) is 13.9. The largest absolute Gasteiger partial charge is 0.497 e. The van der Waals surface area contributed by atoms with Gasteiger partial charge in [0.25, 0.3) is 0 Å². The van der Waals surface area contributed by atoms with E-state index in [9.17, 15) is 4.79 Å². The second-order valence-electron chi connectivity index (χ2n) is 4.40. The number of carboxylic acid groups (broad SMARTS) is 1. The first-order valence-corrected chi connectivity index (χ1v) is 6.13. The summed E-state index contributed by atoms with van der Waals surface area (Å²) in [5.74, 6) is -0.179. The number of aromatic carboxylic acids is 1.